The zero-order chi connectivity index (χ0) is 24.4. The van der Waals surface area contributed by atoms with E-state index in [9.17, 15) is 23.1 Å². The molecular weight excluding hydrogens is 472 g/mol. The van der Waals surface area contributed by atoms with Gasteiger partial charge in [-0.15, -0.1) is 6.58 Å². The first-order valence-corrected chi connectivity index (χ1v) is 11.4. The van der Waals surface area contributed by atoms with Crippen LogP contribution >= 0.6 is 11.6 Å². The van der Waals surface area contributed by atoms with Crippen LogP contribution in [0.2, 0.25) is 5.02 Å². The van der Waals surface area contributed by atoms with Gasteiger partial charge in [0.2, 0.25) is 0 Å². The zero-order valence-electron chi connectivity index (χ0n) is 17.7. The van der Waals surface area contributed by atoms with Crippen LogP contribution in [0, 0.1) is 0 Å². The Bertz CT molecular complexity index is 1110. The summed E-state index contributed by atoms with van der Waals surface area (Å²) in [5.41, 5.74) is 0.431. The lowest BCUT2D eigenvalue weighted by Gasteiger charge is -2.19. The Morgan fingerprint density at radius 1 is 1.15 bits per heavy atom. The molecule has 0 aliphatic heterocycles. The van der Waals surface area contributed by atoms with Gasteiger partial charge in [-0.25, -0.2) is 17.9 Å². The molecule has 176 valence electrons. The highest BCUT2D eigenvalue weighted by Gasteiger charge is 2.23. The van der Waals surface area contributed by atoms with Crippen molar-refractivity contribution in [3.8, 4) is 5.75 Å². The summed E-state index contributed by atoms with van der Waals surface area (Å²) in [6, 6.07) is 11.8. The third-order valence-electron chi connectivity index (χ3n) is 4.19. The molecule has 33 heavy (non-hydrogen) atoms. The Hall–Kier alpha value is -3.34. The van der Waals surface area contributed by atoms with Crippen molar-refractivity contribution >= 4 is 39.7 Å². The number of carbonyl (C=O) groups excluding carboxylic acids is 1. The highest BCUT2D eigenvalue weighted by Crippen LogP contribution is 2.17. The standard InChI is InChI=1S/C22H23ClN2O7S/c1-3-12-25(22(27)28)14-17(13-16-4-8-19(9-5-16)32-15-31-2)21(26)24-33(29,30)20-10-6-18(23)7-11-20/h3-11,13H,1,12,14-15H2,2H3,(H,24,26)(H,27,28). The zero-order valence-corrected chi connectivity index (χ0v) is 19.3. The quantitative estimate of drug-likeness (QED) is 0.279. The van der Waals surface area contributed by atoms with Gasteiger partial charge in [-0.05, 0) is 48.0 Å². The van der Waals surface area contributed by atoms with Crippen molar-refractivity contribution in [2.45, 2.75) is 4.90 Å². The number of hydrogen-bond acceptors (Lipinski definition) is 6. The molecule has 9 nitrogen and oxygen atoms in total. The van der Waals surface area contributed by atoms with Crippen molar-refractivity contribution in [3.05, 3.63) is 77.3 Å². The summed E-state index contributed by atoms with van der Waals surface area (Å²) in [5.74, 6) is -0.455. The van der Waals surface area contributed by atoms with Crippen molar-refractivity contribution in [1.82, 2.24) is 9.62 Å². The van der Waals surface area contributed by atoms with Gasteiger partial charge in [0.25, 0.3) is 15.9 Å². The maximum Gasteiger partial charge on any atom is 0.407 e. The monoisotopic (exact) mass is 494 g/mol. The number of benzene rings is 2. The lowest BCUT2D eigenvalue weighted by molar-refractivity contribution is -0.115. The third kappa shape index (κ3) is 7.94. The number of nitrogens with one attached hydrogen (secondary N) is 1. The van der Waals surface area contributed by atoms with Crippen LogP contribution in [0.4, 0.5) is 4.79 Å². The number of ether oxygens (including phenoxy) is 2. The summed E-state index contributed by atoms with van der Waals surface area (Å²) in [5, 5.41) is 9.75. The minimum Gasteiger partial charge on any atom is -0.468 e. The van der Waals surface area contributed by atoms with E-state index in [0.29, 0.717) is 16.3 Å². The number of nitrogens with zero attached hydrogens (tertiary/aromatic N) is 1. The second kappa shape index (κ2) is 12.0. The molecule has 0 bridgehead atoms. The van der Waals surface area contributed by atoms with E-state index in [0.717, 1.165) is 4.90 Å². The summed E-state index contributed by atoms with van der Waals surface area (Å²) in [6.45, 7) is 3.13. The normalized spacial score (nSPS) is 11.5. The molecule has 2 N–H and O–H groups in total. The molecule has 2 aromatic rings. The van der Waals surface area contributed by atoms with Crippen molar-refractivity contribution < 1.29 is 32.6 Å². The fraction of sp³-hybridized carbons (Fsp3) is 0.182. The van der Waals surface area contributed by atoms with E-state index in [-0.39, 0.29) is 30.4 Å². The molecular formula is C22H23ClN2O7S. The van der Waals surface area contributed by atoms with Crippen LogP contribution in [0.25, 0.3) is 6.08 Å². The van der Waals surface area contributed by atoms with Gasteiger partial charge in [0.15, 0.2) is 6.79 Å². The van der Waals surface area contributed by atoms with E-state index < -0.39 is 22.0 Å². The summed E-state index contributed by atoms with van der Waals surface area (Å²) in [7, 11) is -2.73. The summed E-state index contributed by atoms with van der Waals surface area (Å²) in [4.78, 5) is 25.2. The van der Waals surface area contributed by atoms with E-state index in [1.165, 1.54) is 43.5 Å². The van der Waals surface area contributed by atoms with Crippen molar-refractivity contribution in [1.29, 1.82) is 0 Å². The number of carbonyl (C=O) groups is 2. The van der Waals surface area contributed by atoms with Crippen molar-refractivity contribution in [2.75, 3.05) is 27.0 Å². The lowest BCUT2D eigenvalue weighted by atomic mass is 10.1. The Morgan fingerprint density at radius 3 is 2.33 bits per heavy atom. The van der Waals surface area contributed by atoms with Gasteiger partial charge in [-0.2, -0.15) is 0 Å². The lowest BCUT2D eigenvalue weighted by Crippen LogP contribution is -2.38. The van der Waals surface area contributed by atoms with Gasteiger partial charge in [0.1, 0.15) is 5.75 Å². The fourth-order valence-corrected chi connectivity index (χ4v) is 3.72. The van der Waals surface area contributed by atoms with Gasteiger partial charge < -0.3 is 19.5 Å². The maximum atomic E-state index is 12.9. The van der Waals surface area contributed by atoms with Crippen molar-refractivity contribution in [3.63, 3.8) is 0 Å². The fourth-order valence-electron chi connectivity index (χ4n) is 2.60. The molecule has 0 aliphatic carbocycles. The summed E-state index contributed by atoms with van der Waals surface area (Å²) in [6.07, 6.45) is 1.46. The van der Waals surface area contributed by atoms with E-state index >= 15 is 0 Å². The first-order chi connectivity index (χ1) is 15.7. The Kier molecular flexibility index (Phi) is 9.46. The number of sulfonamides is 1. The molecule has 0 saturated heterocycles. The molecule has 0 aromatic heterocycles. The van der Waals surface area contributed by atoms with E-state index in [4.69, 9.17) is 21.1 Å². The predicted octanol–water partition coefficient (Wildman–Crippen LogP) is 3.38. The van der Waals surface area contributed by atoms with Crippen LogP contribution in [0.5, 0.6) is 5.75 Å². The number of methoxy groups -OCH3 is 1. The minimum absolute atomic E-state index is 0.0561. The van der Waals surface area contributed by atoms with Gasteiger partial charge in [-0.1, -0.05) is 29.8 Å². The molecule has 0 radical (unpaired) electrons. The topological polar surface area (TPSA) is 122 Å². The summed E-state index contributed by atoms with van der Waals surface area (Å²) < 4.78 is 37.4. The van der Waals surface area contributed by atoms with Crippen LogP contribution in [0.15, 0.2) is 71.7 Å². The molecule has 0 atom stereocenters. The molecule has 0 saturated carbocycles. The van der Waals surface area contributed by atoms with E-state index in [2.05, 4.69) is 6.58 Å². The molecule has 2 amide bonds. The SMILES string of the molecule is C=CCN(CC(=Cc1ccc(OCOC)cc1)C(=O)NS(=O)(=O)c1ccc(Cl)cc1)C(=O)O. The number of carboxylic acid groups (broad SMARTS) is 1. The van der Waals surface area contributed by atoms with Gasteiger partial charge in [0.05, 0.1) is 11.4 Å². The average molecular weight is 495 g/mol. The van der Waals surface area contributed by atoms with Gasteiger partial charge in [-0.3, -0.25) is 4.79 Å². The molecule has 0 heterocycles. The average Bonchev–Trinajstić information content (AvgIpc) is 2.77. The highest BCUT2D eigenvalue weighted by atomic mass is 35.5. The molecule has 0 unspecified atom stereocenters. The molecule has 2 rings (SSSR count). The van der Waals surface area contributed by atoms with Crippen LogP contribution in [-0.4, -0.2) is 57.4 Å². The van der Waals surface area contributed by atoms with Crippen LogP contribution in [-0.2, 0) is 19.6 Å². The minimum atomic E-state index is -4.22. The molecule has 2 aromatic carbocycles. The third-order valence-corrected chi connectivity index (χ3v) is 5.79. The van der Waals surface area contributed by atoms with E-state index in [1.807, 2.05) is 4.72 Å². The Balaban J connectivity index is 2.35. The van der Waals surface area contributed by atoms with Crippen LogP contribution in [0.1, 0.15) is 5.56 Å². The maximum absolute atomic E-state index is 12.9. The summed E-state index contributed by atoms with van der Waals surface area (Å²) >= 11 is 5.79. The molecule has 11 heteroatoms. The smallest absolute Gasteiger partial charge is 0.407 e. The molecule has 0 fully saturated rings. The second-order valence-corrected chi connectivity index (χ2v) is 8.75. The van der Waals surface area contributed by atoms with Crippen molar-refractivity contribution in [2.24, 2.45) is 0 Å². The first kappa shape index (κ1) is 25.9. The highest BCUT2D eigenvalue weighted by molar-refractivity contribution is 7.90. The molecule has 0 aliphatic rings. The van der Waals surface area contributed by atoms with Gasteiger partial charge >= 0.3 is 6.09 Å². The number of rotatable bonds is 11. The molecule has 0 spiro atoms. The van der Waals surface area contributed by atoms with E-state index in [1.54, 1.807) is 24.3 Å². The Morgan fingerprint density at radius 2 is 1.79 bits per heavy atom. The largest absolute Gasteiger partial charge is 0.468 e. The number of amides is 2. The Labute approximate surface area is 196 Å². The van der Waals surface area contributed by atoms with Crippen LogP contribution < -0.4 is 9.46 Å². The van der Waals surface area contributed by atoms with Crippen LogP contribution in [0.3, 0.4) is 0 Å². The van der Waals surface area contributed by atoms with Gasteiger partial charge in [0, 0.05) is 24.3 Å². The number of hydrogen-bond donors (Lipinski definition) is 2. The first-order valence-electron chi connectivity index (χ1n) is 9.50. The second-order valence-electron chi connectivity index (χ2n) is 6.63. The number of halogens is 1. The predicted molar refractivity (Wildman–Crippen MR) is 123 cm³/mol.